The molecule has 5 heteroatoms. The number of benzene rings is 1. The maximum absolute atomic E-state index is 12.7. The van der Waals surface area contributed by atoms with Crippen LogP contribution in [-0.4, -0.2) is 36.9 Å². The van der Waals surface area contributed by atoms with E-state index in [1.165, 1.54) is 6.42 Å². The van der Waals surface area contributed by atoms with Gasteiger partial charge in [0.1, 0.15) is 11.2 Å². The molecule has 0 spiro atoms. The molecule has 1 saturated heterocycles. The van der Waals surface area contributed by atoms with E-state index < -0.39 is 5.41 Å². The maximum atomic E-state index is 12.7. The molecule has 1 aliphatic heterocycles. The summed E-state index contributed by atoms with van der Waals surface area (Å²) >= 11 is 0. The van der Waals surface area contributed by atoms with Crippen molar-refractivity contribution in [2.24, 2.45) is 5.41 Å². The number of anilines is 1. The molecule has 2 aliphatic rings. The number of nitrogens with zero attached hydrogens (tertiary/aromatic N) is 1. The number of rotatable bonds is 4. The Kier molecular flexibility index (Phi) is 4.05. The molecular formula is C17H22N2O3. The highest BCUT2D eigenvalue weighted by atomic mass is 16.5. The van der Waals surface area contributed by atoms with Crippen molar-refractivity contribution in [2.45, 2.75) is 32.1 Å². The first-order valence-corrected chi connectivity index (χ1v) is 7.91. The Morgan fingerprint density at radius 2 is 1.91 bits per heavy atom. The van der Waals surface area contributed by atoms with Gasteiger partial charge < -0.3 is 15.0 Å². The van der Waals surface area contributed by atoms with Gasteiger partial charge in [-0.15, -0.1) is 0 Å². The predicted molar refractivity (Wildman–Crippen MR) is 83.7 cm³/mol. The molecule has 3 rings (SSSR count). The quantitative estimate of drug-likeness (QED) is 0.869. The molecule has 1 aliphatic carbocycles. The fraction of sp³-hybridized carbons (Fsp3) is 0.529. The van der Waals surface area contributed by atoms with Crippen LogP contribution in [0.1, 0.15) is 32.1 Å². The third kappa shape index (κ3) is 2.80. The molecule has 1 saturated carbocycles. The zero-order chi connectivity index (χ0) is 15.6. The van der Waals surface area contributed by atoms with E-state index in [0.717, 1.165) is 25.9 Å². The smallest absolute Gasteiger partial charge is 0.240 e. The van der Waals surface area contributed by atoms with Gasteiger partial charge in [-0.3, -0.25) is 9.59 Å². The molecule has 1 N–H and O–H groups in total. The van der Waals surface area contributed by atoms with E-state index in [9.17, 15) is 9.59 Å². The number of carbonyl (C=O) groups is 2. The van der Waals surface area contributed by atoms with Gasteiger partial charge in [-0.05, 0) is 44.2 Å². The van der Waals surface area contributed by atoms with Gasteiger partial charge in [0.05, 0.1) is 7.11 Å². The van der Waals surface area contributed by atoms with Gasteiger partial charge in [-0.1, -0.05) is 6.07 Å². The van der Waals surface area contributed by atoms with E-state index >= 15 is 0 Å². The molecule has 5 nitrogen and oxygen atoms in total. The third-order valence-electron chi connectivity index (χ3n) is 4.56. The Morgan fingerprint density at radius 1 is 1.18 bits per heavy atom. The monoisotopic (exact) mass is 302 g/mol. The van der Waals surface area contributed by atoms with Crippen molar-refractivity contribution in [2.75, 3.05) is 25.5 Å². The summed E-state index contributed by atoms with van der Waals surface area (Å²) in [5.41, 5.74) is -0.164. The van der Waals surface area contributed by atoms with Crippen molar-refractivity contribution in [3.8, 4) is 5.75 Å². The topological polar surface area (TPSA) is 58.6 Å². The van der Waals surface area contributed by atoms with Crippen LogP contribution in [0.2, 0.25) is 0 Å². The lowest BCUT2D eigenvalue weighted by Gasteiger charge is -2.30. The van der Waals surface area contributed by atoms with Crippen LogP contribution in [0.25, 0.3) is 0 Å². The van der Waals surface area contributed by atoms with Crippen molar-refractivity contribution in [3.63, 3.8) is 0 Å². The average molecular weight is 302 g/mol. The maximum Gasteiger partial charge on any atom is 0.240 e. The van der Waals surface area contributed by atoms with Gasteiger partial charge in [-0.2, -0.15) is 0 Å². The lowest BCUT2D eigenvalue weighted by molar-refractivity contribution is -0.143. The first-order valence-electron chi connectivity index (χ1n) is 7.91. The van der Waals surface area contributed by atoms with Gasteiger partial charge >= 0.3 is 0 Å². The number of nitrogens with one attached hydrogen (secondary N) is 1. The van der Waals surface area contributed by atoms with Crippen molar-refractivity contribution < 1.29 is 14.3 Å². The number of likely N-dealkylation sites (tertiary alicyclic amines) is 1. The third-order valence-corrected chi connectivity index (χ3v) is 4.56. The van der Waals surface area contributed by atoms with Crippen LogP contribution in [-0.2, 0) is 9.59 Å². The lowest BCUT2D eigenvalue weighted by Crippen LogP contribution is -2.45. The summed E-state index contributed by atoms with van der Waals surface area (Å²) in [4.78, 5) is 27.1. The normalized spacial score (nSPS) is 19.4. The number of amides is 2. The minimum atomic E-state index is -0.833. The van der Waals surface area contributed by atoms with Crippen molar-refractivity contribution in [3.05, 3.63) is 24.3 Å². The molecule has 22 heavy (non-hydrogen) atoms. The molecule has 0 atom stereocenters. The van der Waals surface area contributed by atoms with Crippen LogP contribution < -0.4 is 10.1 Å². The van der Waals surface area contributed by atoms with Crippen molar-refractivity contribution >= 4 is 17.5 Å². The molecule has 0 bridgehead atoms. The minimum absolute atomic E-state index is 0.00703. The van der Waals surface area contributed by atoms with Crippen LogP contribution in [0.5, 0.6) is 5.75 Å². The Balaban J connectivity index is 1.69. The second-order valence-electron chi connectivity index (χ2n) is 6.12. The summed E-state index contributed by atoms with van der Waals surface area (Å²) in [5.74, 6) is 0.508. The van der Waals surface area contributed by atoms with Crippen LogP contribution in [0.15, 0.2) is 24.3 Å². The fourth-order valence-electron chi connectivity index (χ4n) is 3.01. The van der Waals surface area contributed by atoms with E-state index in [0.29, 0.717) is 24.3 Å². The second-order valence-corrected chi connectivity index (χ2v) is 6.12. The van der Waals surface area contributed by atoms with Crippen molar-refractivity contribution in [1.29, 1.82) is 0 Å². The van der Waals surface area contributed by atoms with E-state index in [4.69, 9.17) is 4.74 Å². The predicted octanol–water partition coefficient (Wildman–Crippen LogP) is 2.43. The molecule has 1 heterocycles. The van der Waals surface area contributed by atoms with Gasteiger partial charge in [0.2, 0.25) is 11.8 Å². The Bertz CT molecular complexity index is 575. The Labute approximate surface area is 130 Å². The minimum Gasteiger partial charge on any atom is -0.497 e. The first kappa shape index (κ1) is 14.9. The molecule has 1 aromatic rings. The van der Waals surface area contributed by atoms with Gasteiger partial charge in [0.15, 0.2) is 0 Å². The van der Waals surface area contributed by atoms with Crippen LogP contribution in [0.4, 0.5) is 5.69 Å². The highest BCUT2D eigenvalue weighted by molar-refractivity contribution is 6.13. The number of hydrogen-bond donors (Lipinski definition) is 1. The van der Waals surface area contributed by atoms with E-state index in [1.54, 1.807) is 13.2 Å². The molecule has 118 valence electrons. The molecule has 1 aromatic carbocycles. The number of piperidine rings is 1. The summed E-state index contributed by atoms with van der Waals surface area (Å²) in [6.07, 6.45) is 4.56. The summed E-state index contributed by atoms with van der Waals surface area (Å²) in [6, 6.07) is 7.21. The summed E-state index contributed by atoms with van der Waals surface area (Å²) < 4.78 is 5.15. The van der Waals surface area contributed by atoms with E-state index in [1.807, 2.05) is 23.1 Å². The highest BCUT2D eigenvalue weighted by Gasteiger charge is 2.58. The average Bonchev–Trinajstić information content (AvgIpc) is 3.37. The molecular weight excluding hydrogens is 280 g/mol. The number of hydrogen-bond acceptors (Lipinski definition) is 3. The largest absolute Gasteiger partial charge is 0.497 e. The van der Waals surface area contributed by atoms with E-state index in [-0.39, 0.29) is 11.8 Å². The standard InChI is InChI=1S/C17H22N2O3/c1-22-14-7-5-6-13(12-14)18-15(20)17(8-9-17)16(21)19-10-3-2-4-11-19/h5-7,12H,2-4,8-11H2,1H3,(H,18,20). The van der Waals surface area contributed by atoms with Gasteiger partial charge in [-0.25, -0.2) is 0 Å². The molecule has 0 radical (unpaired) electrons. The van der Waals surface area contributed by atoms with Gasteiger partial charge in [0.25, 0.3) is 0 Å². The zero-order valence-electron chi connectivity index (χ0n) is 12.9. The molecule has 2 amide bonds. The van der Waals surface area contributed by atoms with Crippen LogP contribution in [0, 0.1) is 5.41 Å². The lowest BCUT2D eigenvalue weighted by atomic mass is 10.0. The zero-order valence-corrected chi connectivity index (χ0v) is 12.9. The van der Waals surface area contributed by atoms with Crippen molar-refractivity contribution in [1.82, 2.24) is 4.90 Å². The Morgan fingerprint density at radius 3 is 2.55 bits per heavy atom. The SMILES string of the molecule is COc1cccc(NC(=O)C2(C(=O)N3CCCCC3)CC2)c1. The summed E-state index contributed by atoms with van der Waals surface area (Å²) in [5, 5.41) is 2.87. The molecule has 0 aromatic heterocycles. The van der Waals surface area contributed by atoms with Crippen LogP contribution in [0.3, 0.4) is 0 Å². The number of methoxy groups -OCH3 is 1. The first-order chi connectivity index (χ1) is 10.7. The Hall–Kier alpha value is -2.04. The highest BCUT2D eigenvalue weighted by Crippen LogP contribution is 2.48. The summed E-state index contributed by atoms with van der Waals surface area (Å²) in [6.45, 7) is 1.57. The molecule has 2 fully saturated rings. The van der Waals surface area contributed by atoms with Gasteiger partial charge in [0, 0.05) is 24.8 Å². The summed E-state index contributed by atoms with van der Waals surface area (Å²) in [7, 11) is 1.59. The van der Waals surface area contributed by atoms with E-state index in [2.05, 4.69) is 5.32 Å². The molecule has 0 unspecified atom stereocenters. The number of carbonyl (C=O) groups excluding carboxylic acids is 2. The number of ether oxygens (including phenoxy) is 1. The second kappa shape index (κ2) is 5.99. The fourth-order valence-corrected chi connectivity index (χ4v) is 3.01. The van der Waals surface area contributed by atoms with Crippen LogP contribution >= 0.6 is 0 Å².